The molecule has 1 N–H and O–H groups in total. The van der Waals surface area contributed by atoms with Crippen molar-refractivity contribution in [3.05, 3.63) is 118 Å². The Balaban J connectivity index is 0.000000489. The van der Waals surface area contributed by atoms with Crippen molar-refractivity contribution in [1.82, 2.24) is 10.3 Å². The summed E-state index contributed by atoms with van der Waals surface area (Å²) in [6.07, 6.45) is 10.2. The van der Waals surface area contributed by atoms with Gasteiger partial charge < -0.3 is 14.9 Å². The van der Waals surface area contributed by atoms with Crippen molar-refractivity contribution in [1.29, 1.82) is 0 Å². The molecule has 0 spiro atoms. The van der Waals surface area contributed by atoms with Crippen LogP contribution in [-0.2, 0) is 16.0 Å². The van der Waals surface area contributed by atoms with Crippen molar-refractivity contribution in [2.24, 2.45) is 4.99 Å². The zero-order chi connectivity index (χ0) is 29.2. The molecule has 0 saturated carbocycles. The van der Waals surface area contributed by atoms with Crippen molar-refractivity contribution < 1.29 is 18.4 Å². The van der Waals surface area contributed by atoms with Gasteiger partial charge in [-0.2, -0.15) is 0 Å². The largest absolute Gasteiger partial charge is 0.342 e. The summed E-state index contributed by atoms with van der Waals surface area (Å²) in [7, 11) is -0.189. The monoisotopic (exact) mass is 551 g/mol. The molecule has 1 aromatic heterocycles. The third-order valence-electron chi connectivity index (χ3n) is 5.63. The van der Waals surface area contributed by atoms with Crippen molar-refractivity contribution in [2.75, 3.05) is 12.8 Å². The molecule has 8 heteroatoms. The molecule has 1 aliphatic rings. The van der Waals surface area contributed by atoms with Crippen LogP contribution in [0.1, 0.15) is 35.1 Å². The number of allylic oxidation sites excluding steroid dienone is 1. The molecular formula is C31H35F2N3O2S. The van der Waals surface area contributed by atoms with E-state index in [1.165, 1.54) is 28.8 Å². The minimum atomic E-state index is -0.422. The fraction of sp³-hybridized carbons (Fsp3) is 0.194. The van der Waals surface area contributed by atoms with Gasteiger partial charge in [-0.05, 0) is 77.6 Å². The first-order valence-corrected chi connectivity index (χ1v) is 13.7. The first-order valence-electron chi connectivity index (χ1n) is 12.0. The molecule has 2 aromatic carbocycles. The lowest BCUT2D eigenvalue weighted by Crippen LogP contribution is -2.25. The Bertz CT molecular complexity index is 1270. The lowest BCUT2D eigenvalue weighted by molar-refractivity contribution is -0.0987. The summed E-state index contributed by atoms with van der Waals surface area (Å²) < 4.78 is 27.7. The Morgan fingerprint density at radius 2 is 1.67 bits per heavy atom. The molecule has 3 aromatic rings. The number of rotatable bonds is 6. The fourth-order valence-corrected chi connectivity index (χ4v) is 4.95. The van der Waals surface area contributed by atoms with Crippen LogP contribution >= 0.6 is 10.5 Å². The zero-order valence-corrected chi connectivity index (χ0v) is 23.4. The van der Waals surface area contributed by atoms with E-state index in [9.17, 15) is 8.78 Å². The second-order valence-electron chi connectivity index (χ2n) is 8.24. The van der Waals surface area contributed by atoms with Crippen LogP contribution in [0.3, 0.4) is 0 Å². The quantitative estimate of drug-likeness (QED) is 0.354. The number of nitrogens with zero attached hydrogens (tertiary/aromatic N) is 2. The van der Waals surface area contributed by atoms with Crippen molar-refractivity contribution in [2.45, 2.75) is 26.2 Å². The van der Waals surface area contributed by atoms with Gasteiger partial charge in [0, 0.05) is 30.3 Å². The molecule has 2 atom stereocenters. The van der Waals surface area contributed by atoms with E-state index in [1.807, 2.05) is 50.3 Å². The fourth-order valence-electron chi connectivity index (χ4n) is 3.54. The highest BCUT2D eigenvalue weighted by Gasteiger charge is 2.20. The number of amidine groups is 1. The van der Waals surface area contributed by atoms with E-state index in [0.29, 0.717) is 12.1 Å². The van der Waals surface area contributed by atoms with Crippen molar-refractivity contribution >= 4 is 41.5 Å². The number of hydrogen-bond acceptors (Lipinski definition) is 4. The van der Waals surface area contributed by atoms with E-state index in [0.717, 1.165) is 23.2 Å². The Morgan fingerprint density at radius 1 is 1.03 bits per heavy atom. The molecule has 1 aliphatic heterocycles. The van der Waals surface area contributed by atoms with Crippen molar-refractivity contribution in [3.8, 4) is 0 Å². The number of benzene rings is 2. The Morgan fingerprint density at radius 3 is 2.28 bits per heavy atom. The molecular weight excluding hydrogens is 516 g/mol. The number of hydrogen-bond donors (Lipinski definition) is 1. The molecule has 0 fully saturated rings. The molecule has 0 radical (unpaired) electrons. The first kappa shape index (κ1) is 33.0. The first-order chi connectivity index (χ1) is 18.9. The van der Waals surface area contributed by atoms with E-state index in [-0.39, 0.29) is 22.2 Å². The number of nitrogens with one attached hydrogen (secondary N) is 1. The third kappa shape index (κ3) is 11.1. The van der Waals surface area contributed by atoms with Crippen LogP contribution in [0, 0.1) is 18.6 Å². The maximum atomic E-state index is 14.1. The maximum absolute atomic E-state index is 14.1. The average Bonchev–Trinajstić information content (AvgIpc) is 2.98. The predicted octanol–water partition coefficient (Wildman–Crippen LogP) is 6.52. The van der Waals surface area contributed by atoms with Gasteiger partial charge >= 0.3 is 0 Å². The summed E-state index contributed by atoms with van der Waals surface area (Å²) >= 11 is 0. The lowest BCUT2D eigenvalue weighted by Gasteiger charge is -2.22. The smallest absolute Gasteiger partial charge is 0.127 e. The topological polar surface area (TPSA) is 71.4 Å². The van der Waals surface area contributed by atoms with Gasteiger partial charge in [0.1, 0.15) is 31.0 Å². The van der Waals surface area contributed by atoms with Crippen LogP contribution in [0.4, 0.5) is 8.78 Å². The lowest BCUT2D eigenvalue weighted by atomic mass is 9.99. The zero-order valence-electron chi connectivity index (χ0n) is 22.6. The maximum Gasteiger partial charge on any atom is 0.127 e. The standard InChI is InChI=1S/C20H21F2N3S.C9H10.2CH2O/c1-14(17-11-16(21)3-4-18(17)22)19-12-20(25-13-26(19)2)24-10-7-15-5-8-23-9-6-15;1-3-9-6-4-8(2)5-7-9;2*1-2/h3-6,8-9,11-14H,7,10H2,1-2H3,(H,24,25);3-7H,1H2,2H3;2*1H2. The highest BCUT2D eigenvalue weighted by atomic mass is 32.2. The Labute approximate surface area is 232 Å². The highest BCUT2D eigenvalue weighted by molar-refractivity contribution is 8.17. The molecule has 39 heavy (non-hydrogen) atoms. The Hall–Kier alpha value is -4.04. The van der Waals surface area contributed by atoms with Crippen LogP contribution in [0.2, 0.25) is 0 Å². The molecule has 2 heterocycles. The van der Waals surface area contributed by atoms with Gasteiger partial charge in [0.25, 0.3) is 0 Å². The van der Waals surface area contributed by atoms with Gasteiger partial charge in [-0.3, -0.25) is 9.98 Å². The number of aromatic nitrogens is 1. The van der Waals surface area contributed by atoms with E-state index in [4.69, 9.17) is 9.59 Å². The predicted molar refractivity (Wildman–Crippen MR) is 161 cm³/mol. The molecule has 0 amide bonds. The van der Waals surface area contributed by atoms with E-state index in [2.05, 4.69) is 59.3 Å². The molecule has 0 saturated heterocycles. The van der Waals surface area contributed by atoms with Crippen LogP contribution in [0.5, 0.6) is 0 Å². The van der Waals surface area contributed by atoms with Gasteiger partial charge in [0.2, 0.25) is 0 Å². The SMILES string of the molecule is C=Cc1ccc(C)cc1.C=O.C=O.CC(C1=CC(=NCCc2ccncc2)NC=S1C)c1cc(F)ccc1F. The molecule has 0 bridgehead atoms. The number of aryl methyl sites for hydroxylation is 1. The summed E-state index contributed by atoms with van der Waals surface area (Å²) in [6, 6.07) is 15.8. The van der Waals surface area contributed by atoms with Crippen LogP contribution in [0.15, 0.2) is 89.5 Å². The Kier molecular flexibility index (Phi) is 15.4. The molecule has 2 unspecified atom stereocenters. The van der Waals surface area contributed by atoms with Gasteiger partial charge in [-0.15, -0.1) is 10.5 Å². The van der Waals surface area contributed by atoms with E-state index in [1.54, 1.807) is 12.4 Å². The number of pyridine rings is 1. The van der Waals surface area contributed by atoms with Crippen molar-refractivity contribution in [3.63, 3.8) is 0 Å². The molecule has 5 nitrogen and oxygen atoms in total. The summed E-state index contributed by atoms with van der Waals surface area (Å²) in [6.45, 7) is 12.3. The number of aliphatic imine (C=N–C) groups is 1. The summed E-state index contributed by atoms with van der Waals surface area (Å²) in [5.74, 6) is -0.272. The summed E-state index contributed by atoms with van der Waals surface area (Å²) in [5.41, 5.74) is 6.00. The number of carbonyl (C=O) groups is 2. The van der Waals surface area contributed by atoms with E-state index >= 15 is 0 Å². The minimum Gasteiger partial charge on any atom is -0.342 e. The molecule has 206 valence electrons. The molecule has 0 aliphatic carbocycles. The van der Waals surface area contributed by atoms with Crippen LogP contribution in [0.25, 0.3) is 6.08 Å². The molecule has 4 rings (SSSR count). The van der Waals surface area contributed by atoms with Crippen LogP contribution < -0.4 is 5.32 Å². The second kappa shape index (κ2) is 18.3. The van der Waals surface area contributed by atoms with Crippen LogP contribution in [-0.4, -0.2) is 42.7 Å². The van der Waals surface area contributed by atoms with E-state index < -0.39 is 5.82 Å². The highest BCUT2D eigenvalue weighted by Crippen LogP contribution is 2.37. The third-order valence-corrected chi connectivity index (χ3v) is 7.32. The number of halogens is 2. The number of carbonyl (C=O) groups excluding carboxylic acids is 2. The van der Waals surface area contributed by atoms with Gasteiger partial charge in [-0.1, -0.05) is 49.4 Å². The minimum absolute atomic E-state index is 0.189. The summed E-state index contributed by atoms with van der Waals surface area (Å²) in [4.78, 5) is 25.6. The average molecular weight is 552 g/mol. The van der Waals surface area contributed by atoms with Gasteiger partial charge in [0.15, 0.2) is 0 Å². The normalized spacial score (nSPS) is 15.3. The van der Waals surface area contributed by atoms with Gasteiger partial charge in [-0.25, -0.2) is 8.78 Å². The van der Waals surface area contributed by atoms with Gasteiger partial charge in [0.05, 0.1) is 0 Å². The second-order valence-corrected chi connectivity index (χ2v) is 10.1. The summed E-state index contributed by atoms with van der Waals surface area (Å²) in [5, 5.41) is 3.20.